The molecule has 2 amide bonds. The van der Waals surface area contributed by atoms with Crippen LogP contribution in [0.5, 0.6) is 0 Å². The summed E-state index contributed by atoms with van der Waals surface area (Å²) in [6, 6.07) is -0.104. The van der Waals surface area contributed by atoms with Gasteiger partial charge in [0.2, 0.25) is 0 Å². The lowest BCUT2D eigenvalue weighted by atomic mass is 10.1. The summed E-state index contributed by atoms with van der Waals surface area (Å²) in [6.07, 6.45) is 1.11. The molecule has 2 N–H and O–H groups in total. The Labute approximate surface area is 109 Å². The predicted molar refractivity (Wildman–Crippen MR) is 65.7 cm³/mol. The first-order valence-corrected chi connectivity index (χ1v) is 6.42. The SMILES string of the molecule is CC1(O)CCN(C(=O)N2CCc3c(o[nH]c3=O)C2)C1. The molecule has 1 unspecified atom stereocenters. The summed E-state index contributed by atoms with van der Waals surface area (Å²) in [7, 11) is 0. The van der Waals surface area contributed by atoms with Gasteiger partial charge in [-0.1, -0.05) is 0 Å². The molecule has 0 radical (unpaired) electrons. The molecule has 1 aromatic rings. The Hall–Kier alpha value is -1.76. The number of β-amino-alcohol motifs (C(OH)–C–C–N with tert-alkyl or cyclic N) is 1. The number of nitrogens with zero attached hydrogens (tertiary/aromatic N) is 2. The number of fused-ring (bicyclic) bond motifs is 1. The Kier molecular flexibility index (Phi) is 2.67. The summed E-state index contributed by atoms with van der Waals surface area (Å²) in [6.45, 7) is 3.47. The third-order valence-corrected chi connectivity index (χ3v) is 3.84. The van der Waals surface area contributed by atoms with Gasteiger partial charge in [-0.15, -0.1) is 0 Å². The van der Waals surface area contributed by atoms with Gasteiger partial charge >= 0.3 is 6.03 Å². The fourth-order valence-corrected chi connectivity index (χ4v) is 2.71. The van der Waals surface area contributed by atoms with Crippen molar-refractivity contribution in [1.29, 1.82) is 0 Å². The van der Waals surface area contributed by atoms with Crippen LogP contribution >= 0.6 is 0 Å². The van der Waals surface area contributed by atoms with Crippen molar-refractivity contribution < 1.29 is 14.4 Å². The lowest BCUT2D eigenvalue weighted by Crippen LogP contribution is -2.45. The molecule has 1 fully saturated rings. The topological polar surface area (TPSA) is 89.8 Å². The van der Waals surface area contributed by atoms with Crippen molar-refractivity contribution in [2.75, 3.05) is 19.6 Å². The van der Waals surface area contributed by atoms with Crippen LogP contribution in [-0.4, -0.2) is 51.3 Å². The molecule has 0 saturated carbocycles. The molecule has 2 aliphatic rings. The number of hydrogen-bond acceptors (Lipinski definition) is 4. The second kappa shape index (κ2) is 4.12. The number of carbonyl (C=O) groups is 1. The number of likely N-dealkylation sites (tertiary alicyclic amines) is 1. The zero-order valence-electron chi connectivity index (χ0n) is 10.8. The summed E-state index contributed by atoms with van der Waals surface area (Å²) >= 11 is 0. The summed E-state index contributed by atoms with van der Waals surface area (Å²) in [5.74, 6) is 0.538. The van der Waals surface area contributed by atoms with Crippen LogP contribution in [0.15, 0.2) is 9.32 Å². The Morgan fingerprint density at radius 3 is 2.89 bits per heavy atom. The minimum Gasteiger partial charge on any atom is -0.388 e. The number of amides is 2. The predicted octanol–water partition coefficient (Wildman–Crippen LogP) is -0.0973. The van der Waals surface area contributed by atoms with Crippen molar-refractivity contribution in [1.82, 2.24) is 15.0 Å². The van der Waals surface area contributed by atoms with E-state index in [0.717, 1.165) is 0 Å². The van der Waals surface area contributed by atoms with Gasteiger partial charge in [-0.05, 0) is 19.8 Å². The van der Waals surface area contributed by atoms with E-state index in [0.29, 0.717) is 50.3 Å². The first-order valence-electron chi connectivity index (χ1n) is 6.42. The molecule has 2 aliphatic heterocycles. The van der Waals surface area contributed by atoms with Crippen LogP contribution in [-0.2, 0) is 13.0 Å². The zero-order valence-corrected chi connectivity index (χ0v) is 10.8. The summed E-state index contributed by atoms with van der Waals surface area (Å²) in [5.41, 5.74) is -0.360. The van der Waals surface area contributed by atoms with Crippen LogP contribution in [0.4, 0.5) is 4.79 Å². The van der Waals surface area contributed by atoms with Gasteiger partial charge in [-0.2, -0.15) is 5.16 Å². The number of carbonyl (C=O) groups excluding carboxylic acids is 1. The van der Waals surface area contributed by atoms with Gasteiger partial charge in [0.05, 0.1) is 24.3 Å². The monoisotopic (exact) mass is 267 g/mol. The smallest absolute Gasteiger partial charge is 0.320 e. The van der Waals surface area contributed by atoms with E-state index < -0.39 is 5.60 Å². The minimum atomic E-state index is -0.794. The second-order valence-electron chi connectivity index (χ2n) is 5.56. The Morgan fingerprint density at radius 2 is 2.21 bits per heavy atom. The second-order valence-corrected chi connectivity index (χ2v) is 5.56. The van der Waals surface area contributed by atoms with Gasteiger partial charge in [0.25, 0.3) is 5.56 Å². The molecule has 7 heteroatoms. The van der Waals surface area contributed by atoms with Gasteiger partial charge in [-0.3, -0.25) is 4.79 Å². The van der Waals surface area contributed by atoms with Crippen LogP contribution in [0, 0.1) is 0 Å². The average Bonchev–Trinajstić information content (AvgIpc) is 2.92. The number of nitrogens with one attached hydrogen (secondary N) is 1. The highest BCUT2D eigenvalue weighted by Gasteiger charge is 2.37. The summed E-state index contributed by atoms with van der Waals surface area (Å²) in [5, 5.41) is 12.2. The molecule has 104 valence electrons. The first kappa shape index (κ1) is 12.3. The van der Waals surface area contributed by atoms with Crippen LogP contribution in [0.1, 0.15) is 24.7 Å². The molecule has 1 aromatic heterocycles. The standard InChI is InChI=1S/C12H17N3O4/c1-12(18)3-5-15(7-12)11(17)14-4-2-8-9(6-14)19-13-10(8)16/h18H,2-7H2,1H3,(H,13,16). The molecule has 7 nitrogen and oxygen atoms in total. The molecule has 0 aromatic carbocycles. The zero-order chi connectivity index (χ0) is 13.6. The van der Waals surface area contributed by atoms with Crippen molar-refractivity contribution in [3.05, 3.63) is 21.7 Å². The maximum Gasteiger partial charge on any atom is 0.320 e. The van der Waals surface area contributed by atoms with E-state index in [1.807, 2.05) is 0 Å². The third-order valence-electron chi connectivity index (χ3n) is 3.84. The average molecular weight is 267 g/mol. The lowest BCUT2D eigenvalue weighted by molar-refractivity contribution is 0.0679. The maximum absolute atomic E-state index is 12.3. The number of H-pyrrole nitrogens is 1. The fourth-order valence-electron chi connectivity index (χ4n) is 2.71. The van der Waals surface area contributed by atoms with Gasteiger partial charge < -0.3 is 19.4 Å². The van der Waals surface area contributed by atoms with Crippen molar-refractivity contribution in [3.63, 3.8) is 0 Å². The van der Waals surface area contributed by atoms with Gasteiger partial charge in [0.1, 0.15) is 0 Å². The van der Waals surface area contributed by atoms with E-state index in [9.17, 15) is 14.7 Å². The van der Waals surface area contributed by atoms with Gasteiger partial charge in [0.15, 0.2) is 5.76 Å². The molecule has 3 heterocycles. The van der Waals surface area contributed by atoms with E-state index >= 15 is 0 Å². The maximum atomic E-state index is 12.3. The summed E-state index contributed by atoms with van der Waals surface area (Å²) < 4.78 is 5.07. The number of urea groups is 1. The summed E-state index contributed by atoms with van der Waals surface area (Å²) in [4.78, 5) is 27.0. The molecule has 0 bridgehead atoms. The highest BCUT2D eigenvalue weighted by atomic mass is 16.5. The number of hydrogen-bond donors (Lipinski definition) is 2. The van der Waals surface area contributed by atoms with E-state index in [1.165, 1.54) is 0 Å². The van der Waals surface area contributed by atoms with Crippen LogP contribution in [0.3, 0.4) is 0 Å². The highest BCUT2D eigenvalue weighted by molar-refractivity contribution is 5.75. The quantitative estimate of drug-likeness (QED) is 0.687. The first-order chi connectivity index (χ1) is 8.96. The van der Waals surface area contributed by atoms with Gasteiger partial charge in [-0.25, -0.2) is 4.79 Å². The lowest BCUT2D eigenvalue weighted by Gasteiger charge is -2.30. The molecule has 19 heavy (non-hydrogen) atoms. The molecule has 3 rings (SSSR count). The van der Waals surface area contributed by atoms with E-state index in [4.69, 9.17) is 4.52 Å². The van der Waals surface area contributed by atoms with Crippen LogP contribution < -0.4 is 5.56 Å². The largest absolute Gasteiger partial charge is 0.388 e. The van der Waals surface area contributed by atoms with Crippen molar-refractivity contribution in [2.24, 2.45) is 0 Å². The van der Waals surface area contributed by atoms with Crippen LogP contribution in [0.25, 0.3) is 0 Å². The molecule has 0 spiro atoms. The van der Waals surface area contributed by atoms with E-state index in [-0.39, 0.29) is 11.6 Å². The Balaban J connectivity index is 1.72. The normalized spacial score (nSPS) is 26.6. The fraction of sp³-hybridized carbons (Fsp3) is 0.667. The molecule has 1 saturated heterocycles. The third kappa shape index (κ3) is 2.14. The Bertz CT molecular complexity index is 560. The number of rotatable bonds is 0. The Morgan fingerprint density at radius 1 is 1.42 bits per heavy atom. The minimum absolute atomic E-state index is 0.104. The van der Waals surface area contributed by atoms with Crippen molar-refractivity contribution in [3.8, 4) is 0 Å². The van der Waals surface area contributed by atoms with Gasteiger partial charge in [0, 0.05) is 13.1 Å². The molecule has 0 aliphatic carbocycles. The number of aromatic nitrogens is 1. The van der Waals surface area contributed by atoms with Crippen LogP contribution in [0.2, 0.25) is 0 Å². The highest BCUT2D eigenvalue weighted by Crippen LogP contribution is 2.23. The molecular weight excluding hydrogens is 250 g/mol. The molecular formula is C12H17N3O4. The number of aromatic amines is 1. The van der Waals surface area contributed by atoms with E-state index in [1.54, 1.807) is 16.7 Å². The van der Waals surface area contributed by atoms with Crippen molar-refractivity contribution in [2.45, 2.75) is 31.9 Å². The number of aliphatic hydroxyl groups is 1. The van der Waals surface area contributed by atoms with Crippen molar-refractivity contribution >= 4 is 6.03 Å². The molecule has 1 atom stereocenters. The van der Waals surface area contributed by atoms with E-state index in [2.05, 4.69) is 5.16 Å².